The summed E-state index contributed by atoms with van der Waals surface area (Å²) in [5, 5.41) is 9.03. The molecular weight excluding hydrogens is 366 g/mol. The summed E-state index contributed by atoms with van der Waals surface area (Å²) in [6.45, 7) is 5.42. The zero-order valence-corrected chi connectivity index (χ0v) is 17.6. The maximum Gasteiger partial charge on any atom is 0.338 e. The summed E-state index contributed by atoms with van der Waals surface area (Å²) in [4.78, 5) is 25.2. The lowest BCUT2D eigenvalue weighted by Crippen LogP contribution is -2.46. The molecule has 2 amide bonds. The molecule has 1 aliphatic carbocycles. The van der Waals surface area contributed by atoms with Crippen molar-refractivity contribution in [1.29, 1.82) is 0 Å². The van der Waals surface area contributed by atoms with Crippen molar-refractivity contribution in [3.05, 3.63) is 41.1 Å². The van der Waals surface area contributed by atoms with Gasteiger partial charge in [-0.2, -0.15) is 0 Å². The maximum absolute atomic E-state index is 13.0. The van der Waals surface area contributed by atoms with E-state index in [0.29, 0.717) is 30.2 Å². The van der Waals surface area contributed by atoms with Gasteiger partial charge in [-0.05, 0) is 49.3 Å². The molecule has 6 heteroatoms. The van der Waals surface area contributed by atoms with Gasteiger partial charge in [-0.3, -0.25) is 0 Å². The number of benzene rings is 1. The van der Waals surface area contributed by atoms with Crippen molar-refractivity contribution in [2.75, 3.05) is 18.5 Å². The second-order valence-corrected chi connectivity index (χ2v) is 7.93. The lowest BCUT2D eigenvalue weighted by Gasteiger charge is -2.30. The van der Waals surface area contributed by atoms with Crippen LogP contribution in [0, 0.1) is 5.92 Å². The van der Waals surface area contributed by atoms with Crippen molar-refractivity contribution in [2.45, 2.75) is 64.8 Å². The molecule has 3 N–H and O–H groups in total. The van der Waals surface area contributed by atoms with Crippen LogP contribution in [-0.4, -0.2) is 25.2 Å². The van der Waals surface area contributed by atoms with Crippen LogP contribution in [0.5, 0.6) is 0 Å². The highest BCUT2D eigenvalue weighted by atomic mass is 16.5. The first-order valence-corrected chi connectivity index (χ1v) is 10.9. The summed E-state index contributed by atoms with van der Waals surface area (Å²) in [5.74, 6) is 0.116. The molecule has 2 aliphatic rings. The molecule has 1 fully saturated rings. The van der Waals surface area contributed by atoms with E-state index in [2.05, 4.69) is 22.9 Å². The lowest BCUT2D eigenvalue weighted by molar-refractivity contribution is -0.141. The highest BCUT2D eigenvalue weighted by molar-refractivity contribution is 5.95. The number of hydrogen-bond acceptors (Lipinski definition) is 4. The van der Waals surface area contributed by atoms with E-state index in [4.69, 9.17) is 4.74 Å². The molecule has 158 valence electrons. The predicted molar refractivity (Wildman–Crippen MR) is 114 cm³/mol. The molecule has 1 aromatic carbocycles. The van der Waals surface area contributed by atoms with Gasteiger partial charge in [0.1, 0.15) is 0 Å². The number of carbonyl (C=O) groups excluding carboxylic acids is 2. The van der Waals surface area contributed by atoms with Crippen LogP contribution in [0.3, 0.4) is 0 Å². The number of hydrogen-bond donors (Lipinski definition) is 3. The number of allylic oxidation sites excluding steroid dienone is 1. The Hall–Kier alpha value is -2.50. The first-order valence-electron chi connectivity index (χ1n) is 10.9. The number of nitrogens with one attached hydrogen (secondary N) is 3. The zero-order valence-electron chi connectivity index (χ0n) is 17.6. The summed E-state index contributed by atoms with van der Waals surface area (Å²) >= 11 is 0. The SMILES string of the molecule is CCCNc1ccc(C2NC(=O)NC(CC)=C2C(=O)OCC2CCCCC2)cc1. The van der Waals surface area contributed by atoms with Gasteiger partial charge >= 0.3 is 12.0 Å². The number of carbonyl (C=O) groups is 2. The molecule has 1 unspecified atom stereocenters. The fraction of sp³-hybridized carbons (Fsp3) is 0.565. The average molecular weight is 400 g/mol. The molecule has 0 spiro atoms. The molecule has 3 rings (SSSR count). The van der Waals surface area contributed by atoms with Crippen LogP contribution in [0.2, 0.25) is 0 Å². The van der Waals surface area contributed by atoms with Gasteiger partial charge < -0.3 is 20.7 Å². The van der Waals surface area contributed by atoms with Crippen molar-refractivity contribution in [2.24, 2.45) is 5.92 Å². The van der Waals surface area contributed by atoms with Gasteiger partial charge in [0.25, 0.3) is 0 Å². The van der Waals surface area contributed by atoms with Gasteiger partial charge in [0, 0.05) is 17.9 Å². The highest BCUT2D eigenvalue weighted by Crippen LogP contribution is 2.30. The minimum Gasteiger partial charge on any atom is -0.462 e. The summed E-state index contributed by atoms with van der Waals surface area (Å²) in [6.07, 6.45) is 7.55. The van der Waals surface area contributed by atoms with Crippen LogP contribution in [0.15, 0.2) is 35.5 Å². The van der Waals surface area contributed by atoms with Crippen LogP contribution in [-0.2, 0) is 9.53 Å². The van der Waals surface area contributed by atoms with Gasteiger partial charge in [0.15, 0.2) is 0 Å². The van der Waals surface area contributed by atoms with E-state index >= 15 is 0 Å². The lowest BCUT2D eigenvalue weighted by atomic mass is 9.90. The van der Waals surface area contributed by atoms with E-state index in [1.54, 1.807) is 0 Å². The normalized spacial score (nSPS) is 20.1. The van der Waals surface area contributed by atoms with Crippen LogP contribution in [0.1, 0.15) is 70.4 Å². The van der Waals surface area contributed by atoms with Gasteiger partial charge in [-0.25, -0.2) is 9.59 Å². The van der Waals surface area contributed by atoms with E-state index < -0.39 is 6.04 Å². The average Bonchev–Trinajstić information content (AvgIpc) is 2.76. The Labute approximate surface area is 173 Å². The van der Waals surface area contributed by atoms with Crippen molar-refractivity contribution >= 4 is 17.7 Å². The van der Waals surface area contributed by atoms with Crippen molar-refractivity contribution in [3.63, 3.8) is 0 Å². The minimum atomic E-state index is -0.502. The Morgan fingerprint density at radius 2 is 1.86 bits per heavy atom. The van der Waals surface area contributed by atoms with Crippen LogP contribution < -0.4 is 16.0 Å². The summed E-state index contributed by atoms with van der Waals surface area (Å²) in [5.41, 5.74) is 3.05. The summed E-state index contributed by atoms with van der Waals surface area (Å²) < 4.78 is 5.72. The highest BCUT2D eigenvalue weighted by Gasteiger charge is 2.33. The quantitative estimate of drug-likeness (QED) is 0.556. The molecule has 1 aromatic rings. The molecule has 1 saturated carbocycles. The molecular formula is C23H33N3O3. The monoisotopic (exact) mass is 399 g/mol. The van der Waals surface area contributed by atoms with Crippen molar-refractivity contribution in [3.8, 4) is 0 Å². The van der Waals surface area contributed by atoms with Crippen molar-refractivity contribution in [1.82, 2.24) is 10.6 Å². The molecule has 0 bridgehead atoms. The van der Waals surface area contributed by atoms with Crippen LogP contribution >= 0.6 is 0 Å². The number of rotatable bonds is 8. The number of urea groups is 1. The smallest absolute Gasteiger partial charge is 0.338 e. The summed E-state index contributed by atoms with van der Waals surface area (Å²) in [6, 6.07) is 7.08. The first kappa shape index (κ1) is 21.2. The Bertz CT molecular complexity index is 736. The minimum absolute atomic E-state index is 0.288. The second kappa shape index (κ2) is 10.3. The van der Waals surface area contributed by atoms with E-state index in [0.717, 1.165) is 37.1 Å². The standard InChI is InChI=1S/C23H33N3O3/c1-3-14-24-18-12-10-17(11-13-18)21-20(19(4-2)25-23(28)26-21)22(27)29-15-16-8-6-5-7-9-16/h10-13,16,21,24H,3-9,14-15H2,1-2H3,(H2,25,26,28). The van der Waals surface area contributed by atoms with Crippen LogP contribution in [0.4, 0.5) is 10.5 Å². The van der Waals surface area contributed by atoms with Gasteiger partial charge in [0.2, 0.25) is 0 Å². The molecule has 29 heavy (non-hydrogen) atoms. The van der Waals surface area contributed by atoms with Gasteiger partial charge in [-0.15, -0.1) is 0 Å². The van der Waals surface area contributed by atoms with E-state index in [-0.39, 0.29) is 12.0 Å². The second-order valence-electron chi connectivity index (χ2n) is 7.93. The first-order chi connectivity index (χ1) is 14.1. The number of ether oxygens (including phenoxy) is 1. The van der Waals surface area contributed by atoms with E-state index in [9.17, 15) is 9.59 Å². The zero-order chi connectivity index (χ0) is 20.6. The number of anilines is 1. The Balaban J connectivity index is 1.77. The topological polar surface area (TPSA) is 79.5 Å². The van der Waals surface area contributed by atoms with Crippen molar-refractivity contribution < 1.29 is 14.3 Å². The largest absolute Gasteiger partial charge is 0.462 e. The number of esters is 1. The third-order valence-corrected chi connectivity index (χ3v) is 5.73. The van der Waals surface area contributed by atoms with Gasteiger partial charge in [-0.1, -0.05) is 45.2 Å². The molecule has 1 heterocycles. The number of amides is 2. The molecule has 0 radical (unpaired) electrons. The van der Waals surface area contributed by atoms with Crippen LogP contribution in [0.25, 0.3) is 0 Å². The molecule has 1 atom stereocenters. The fourth-order valence-corrected chi connectivity index (χ4v) is 4.08. The molecule has 0 saturated heterocycles. The Morgan fingerprint density at radius 1 is 1.14 bits per heavy atom. The predicted octanol–water partition coefficient (Wildman–Crippen LogP) is 4.65. The third kappa shape index (κ3) is 5.52. The molecule has 0 aromatic heterocycles. The Kier molecular flexibility index (Phi) is 7.55. The Morgan fingerprint density at radius 3 is 2.52 bits per heavy atom. The van der Waals surface area contributed by atoms with Gasteiger partial charge in [0.05, 0.1) is 18.2 Å². The third-order valence-electron chi connectivity index (χ3n) is 5.73. The van der Waals surface area contributed by atoms with E-state index in [1.165, 1.54) is 19.3 Å². The fourth-order valence-electron chi connectivity index (χ4n) is 4.08. The molecule has 6 nitrogen and oxygen atoms in total. The summed E-state index contributed by atoms with van der Waals surface area (Å²) in [7, 11) is 0. The molecule has 1 aliphatic heterocycles. The maximum atomic E-state index is 13.0. The van der Waals surface area contributed by atoms with E-state index in [1.807, 2.05) is 31.2 Å².